The molecule has 1 fully saturated rings. The fourth-order valence-corrected chi connectivity index (χ4v) is 3.17. The van der Waals surface area contributed by atoms with E-state index in [1.165, 1.54) is 18.4 Å². The SMILES string of the molecule is CC1CCCN(C(N)=NCC(C)c2ccsc2)C1. The van der Waals surface area contributed by atoms with Crippen LogP contribution in [0.2, 0.25) is 0 Å². The largest absolute Gasteiger partial charge is 0.370 e. The molecule has 1 aliphatic rings. The van der Waals surface area contributed by atoms with Crippen LogP contribution in [0.25, 0.3) is 0 Å². The van der Waals surface area contributed by atoms with Gasteiger partial charge in [-0.05, 0) is 41.1 Å². The molecule has 1 aromatic rings. The maximum Gasteiger partial charge on any atom is 0.191 e. The van der Waals surface area contributed by atoms with Crippen molar-refractivity contribution in [1.82, 2.24) is 4.90 Å². The zero-order chi connectivity index (χ0) is 13.0. The second kappa shape index (κ2) is 6.23. The molecular formula is C14H23N3S. The van der Waals surface area contributed by atoms with Crippen molar-refractivity contribution in [1.29, 1.82) is 0 Å². The second-order valence-corrected chi connectivity index (χ2v) is 6.13. The van der Waals surface area contributed by atoms with E-state index < -0.39 is 0 Å². The zero-order valence-electron chi connectivity index (χ0n) is 11.3. The van der Waals surface area contributed by atoms with Gasteiger partial charge < -0.3 is 10.6 Å². The minimum atomic E-state index is 0.456. The number of nitrogens with two attached hydrogens (primary N) is 1. The van der Waals surface area contributed by atoms with Crippen molar-refractivity contribution in [3.63, 3.8) is 0 Å². The number of thiophene rings is 1. The third-order valence-electron chi connectivity index (χ3n) is 3.62. The number of piperidine rings is 1. The lowest BCUT2D eigenvalue weighted by Crippen LogP contribution is -2.43. The van der Waals surface area contributed by atoms with E-state index in [1.807, 2.05) is 0 Å². The number of nitrogens with zero attached hydrogens (tertiary/aromatic N) is 2. The maximum atomic E-state index is 6.09. The standard InChI is InChI=1S/C14H23N3S/c1-11-4-3-6-17(9-11)14(15)16-8-12(2)13-5-7-18-10-13/h5,7,10-12H,3-4,6,8-9H2,1-2H3,(H2,15,16). The van der Waals surface area contributed by atoms with Gasteiger partial charge in [-0.2, -0.15) is 11.3 Å². The van der Waals surface area contributed by atoms with Crippen molar-refractivity contribution < 1.29 is 0 Å². The van der Waals surface area contributed by atoms with E-state index >= 15 is 0 Å². The van der Waals surface area contributed by atoms with Crippen LogP contribution in [-0.2, 0) is 0 Å². The molecule has 1 saturated heterocycles. The van der Waals surface area contributed by atoms with Gasteiger partial charge in [0.1, 0.15) is 0 Å². The van der Waals surface area contributed by atoms with Crippen molar-refractivity contribution in [2.45, 2.75) is 32.6 Å². The first-order valence-electron chi connectivity index (χ1n) is 6.73. The van der Waals surface area contributed by atoms with Crippen molar-refractivity contribution in [3.8, 4) is 0 Å². The predicted molar refractivity (Wildman–Crippen MR) is 79.2 cm³/mol. The third kappa shape index (κ3) is 3.48. The Balaban J connectivity index is 1.88. The smallest absolute Gasteiger partial charge is 0.191 e. The van der Waals surface area contributed by atoms with E-state index in [2.05, 4.69) is 40.6 Å². The summed E-state index contributed by atoms with van der Waals surface area (Å²) in [5.74, 6) is 1.92. The Hall–Kier alpha value is -1.03. The van der Waals surface area contributed by atoms with Crippen LogP contribution in [0.3, 0.4) is 0 Å². The number of hydrogen-bond acceptors (Lipinski definition) is 2. The summed E-state index contributed by atoms with van der Waals surface area (Å²) < 4.78 is 0. The lowest BCUT2D eigenvalue weighted by atomic mass is 10.0. The molecule has 100 valence electrons. The van der Waals surface area contributed by atoms with E-state index in [0.29, 0.717) is 5.92 Å². The molecule has 3 nitrogen and oxygen atoms in total. The summed E-state index contributed by atoms with van der Waals surface area (Å²) in [7, 11) is 0. The van der Waals surface area contributed by atoms with E-state index in [9.17, 15) is 0 Å². The minimum Gasteiger partial charge on any atom is -0.370 e. The summed E-state index contributed by atoms with van der Waals surface area (Å²) in [6.07, 6.45) is 2.55. The lowest BCUT2D eigenvalue weighted by molar-refractivity contribution is 0.270. The molecule has 0 aliphatic carbocycles. The van der Waals surface area contributed by atoms with Gasteiger partial charge in [-0.25, -0.2) is 0 Å². The molecule has 0 radical (unpaired) electrons. The molecule has 0 saturated carbocycles. The molecular weight excluding hydrogens is 242 g/mol. The van der Waals surface area contributed by atoms with Gasteiger partial charge in [0.2, 0.25) is 0 Å². The fourth-order valence-electron chi connectivity index (χ4n) is 2.39. The van der Waals surface area contributed by atoms with Gasteiger partial charge >= 0.3 is 0 Å². The van der Waals surface area contributed by atoms with E-state index in [-0.39, 0.29) is 0 Å². The summed E-state index contributed by atoms with van der Waals surface area (Å²) >= 11 is 1.74. The highest BCUT2D eigenvalue weighted by Gasteiger charge is 2.17. The summed E-state index contributed by atoms with van der Waals surface area (Å²) in [6.45, 7) is 7.40. The molecule has 2 atom stereocenters. The number of hydrogen-bond donors (Lipinski definition) is 1. The fraction of sp³-hybridized carbons (Fsp3) is 0.643. The molecule has 0 spiro atoms. The molecule has 1 aromatic heterocycles. The van der Waals surface area contributed by atoms with Gasteiger partial charge in [-0.3, -0.25) is 4.99 Å². The predicted octanol–water partition coefficient (Wildman–Crippen LogP) is 2.90. The summed E-state index contributed by atoms with van der Waals surface area (Å²) in [4.78, 5) is 6.79. The van der Waals surface area contributed by atoms with Gasteiger partial charge in [-0.1, -0.05) is 13.8 Å². The monoisotopic (exact) mass is 265 g/mol. The highest BCUT2D eigenvalue weighted by atomic mass is 32.1. The van der Waals surface area contributed by atoms with Gasteiger partial charge in [0.05, 0.1) is 0 Å². The van der Waals surface area contributed by atoms with Crippen molar-refractivity contribution in [3.05, 3.63) is 22.4 Å². The molecule has 4 heteroatoms. The van der Waals surface area contributed by atoms with Crippen LogP contribution < -0.4 is 5.73 Å². The van der Waals surface area contributed by atoms with Crippen LogP contribution in [0.15, 0.2) is 21.8 Å². The maximum absolute atomic E-state index is 6.09. The van der Waals surface area contributed by atoms with Gasteiger partial charge in [0.25, 0.3) is 0 Å². The normalized spacial score (nSPS) is 23.1. The highest BCUT2D eigenvalue weighted by molar-refractivity contribution is 7.07. The van der Waals surface area contributed by atoms with Gasteiger partial charge in [0, 0.05) is 25.6 Å². The average Bonchev–Trinajstić information content (AvgIpc) is 2.89. The van der Waals surface area contributed by atoms with Crippen molar-refractivity contribution >= 4 is 17.3 Å². The van der Waals surface area contributed by atoms with Crippen molar-refractivity contribution in [2.75, 3.05) is 19.6 Å². The Morgan fingerprint density at radius 1 is 1.67 bits per heavy atom. The van der Waals surface area contributed by atoms with Crippen LogP contribution in [0.4, 0.5) is 0 Å². The number of likely N-dealkylation sites (tertiary alicyclic amines) is 1. The Labute approximate surface area is 114 Å². The van der Waals surface area contributed by atoms with Gasteiger partial charge in [-0.15, -0.1) is 0 Å². The molecule has 0 bridgehead atoms. The molecule has 2 N–H and O–H groups in total. The molecule has 2 unspecified atom stereocenters. The van der Waals surface area contributed by atoms with Crippen LogP contribution in [0, 0.1) is 5.92 Å². The lowest BCUT2D eigenvalue weighted by Gasteiger charge is -2.31. The molecule has 0 aromatic carbocycles. The highest BCUT2D eigenvalue weighted by Crippen LogP contribution is 2.19. The number of guanidine groups is 1. The van der Waals surface area contributed by atoms with Crippen molar-refractivity contribution in [2.24, 2.45) is 16.6 Å². The first-order valence-corrected chi connectivity index (χ1v) is 7.68. The molecule has 2 heterocycles. The summed E-state index contributed by atoms with van der Waals surface area (Å²) in [6, 6.07) is 2.17. The second-order valence-electron chi connectivity index (χ2n) is 5.35. The Kier molecular flexibility index (Phi) is 4.64. The first-order chi connectivity index (χ1) is 8.66. The van der Waals surface area contributed by atoms with E-state index in [4.69, 9.17) is 5.73 Å². The van der Waals surface area contributed by atoms with E-state index in [1.54, 1.807) is 11.3 Å². The third-order valence-corrected chi connectivity index (χ3v) is 4.32. The van der Waals surface area contributed by atoms with Crippen LogP contribution in [0.5, 0.6) is 0 Å². The summed E-state index contributed by atoms with van der Waals surface area (Å²) in [5.41, 5.74) is 7.46. The van der Waals surface area contributed by atoms with Gasteiger partial charge in [0.15, 0.2) is 5.96 Å². The molecule has 1 aliphatic heterocycles. The minimum absolute atomic E-state index is 0.456. The number of aliphatic imine (C=N–C) groups is 1. The average molecular weight is 265 g/mol. The first kappa shape index (κ1) is 13.4. The Morgan fingerprint density at radius 3 is 3.17 bits per heavy atom. The zero-order valence-corrected chi connectivity index (χ0v) is 12.1. The Bertz CT molecular complexity index is 386. The van der Waals surface area contributed by atoms with Crippen LogP contribution in [0.1, 0.15) is 38.2 Å². The molecule has 0 amide bonds. The molecule has 18 heavy (non-hydrogen) atoms. The summed E-state index contributed by atoms with van der Waals surface area (Å²) in [5, 5.41) is 4.31. The van der Waals surface area contributed by atoms with Crippen LogP contribution >= 0.6 is 11.3 Å². The Morgan fingerprint density at radius 2 is 2.50 bits per heavy atom. The van der Waals surface area contributed by atoms with Crippen LogP contribution in [-0.4, -0.2) is 30.5 Å². The topological polar surface area (TPSA) is 41.6 Å². The number of rotatable bonds is 3. The van der Waals surface area contributed by atoms with E-state index in [0.717, 1.165) is 31.5 Å². The molecule has 2 rings (SSSR count). The quantitative estimate of drug-likeness (QED) is 0.674.